The molecule has 0 unspecified atom stereocenters. The van der Waals surface area contributed by atoms with Gasteiger partial charge in [0.05, 0.1) is 4.75 Å². The number of sulfone groups is 1. The summed E-state index contributed by atoms with van der Waals surface area (Å²) >= 11 is 0. The molecule has 0 heterocycles. The van der Waals surface area contributed by atoms with E-state index in [0.717, 1.165) is 11.1 Å². The molecule has 18 heavy (non-hydrogen) atoms. The fourth-order valence-corrected chi connectivity index (χ4v) is 3.62. The van der Waals surface area contributed by atoms with Crippen LogP contribution in [0.4, 0.5) is 0 Å². The molecule has 1 aliphatic rings. The second-order valence-electron chi connectivity index (χ2n) is 4.86. The molecule has 1 saturated carbocycles. The summed E-state index contributed by atoms with van der Waals surface area (Å²) in [6.07, 6.45) is 3.21. The summed E-state index contributed by atoms with van der Waals surface area (Å²) in [7, 11) is -3.08. The lowest BCUT2D eigenvalue weighted by Gasteiger charge is -2.13. The Balaban J connectivity index is 2.16. The fraction of sp³-hybridized carbons (Fsp3) is 0.462. The van der Waals surface area contributed by atoms with Gasteiger partial charge in [-0.1, -0.05) is 24.3 Å². The van der Waals surface area contributed by atoms with Gasteiger partial charge in [-0.3, -0.25) is 4.79 Å². The highest BCUT2D eigenvalue weighted by molar-refractivity contribution is 7.92. The average Bonchev–Trinajstić information content (AvgIpc) is 3.07. The van der Waals surface area contributed by atoms with E-state index in [2.05, 4.69) is 0 Å². The van der Waals surface area contributed by atoms with Gasteiger partial charge in [0.15, 0.2) is 9.84 Å². The first kappa shape index (κ1) is 13.1. The van der Waals surface area contributed by atoms with Gasteiger partial charge >= 0.3 is 5.97 Å². The van der Waals surface area contributed by atoms with Crippen LogP contribution in [0.2, 0.25) is 0 Å². The Morgan fingerprint density at radius 2 is 1.83 bits per heavy atom. The molecule has 0 amide bonds. The van der Waals surface area contributed by atoms with Crippen LogP contribution < -0.4 is 0 Å². The van der Waals surface area contributed by atoms with Crippen LogP contribution in [0.15, 0.2) is 24.3 Å². The first-order valence-electron chi connectivity index (χ1n) is 5.86. The number of aliphatic carboxylic acids is 1. The van der Waals surface area contributed by atoms with Gasteiger partial charge in [-0.05, 0) is 30.4 Å². The van der Waals surface area contributed by atoms with E-state index in [1.165, 1.54) is 6.26 Å². The number of carboxylic acids is 1. The maximum atomic E-state index is 11.7. The maximum absolute atomic E-state index is 11.7. The Bertz CT molecular complexity index is 553. The van der Waals surface area contributed by atoms with Crippen molar-refractivity contribution in [2.45, 2.75) is 30.4 Å². The summed E-state index contributed by atoms with van der Waals surface area (Å²) in [4.78, 5) is 10.5. The Morgan fingerprint density at radius 1 is 1.28 bits per heavy atom. The molecular formula is C13H16O4S. The topological polar surface area (TPSA) is 71.4 Å². The van der Waals surface area contributed by atoms with E-state index in [1.54, 1.807) is 0 Å². The molecule has 1 aromatic carbocycles. The van der Waals surface area contributed by atoms with Crippen LogP contribution in [-0.4, -0.2) is 25.7 Å². The quantitative estimate of drug-likeness (QED) is 0.883. The van der Waals surface area contributed by atoms with E-state index in [9.17, 15) is 13.2 Å². The highest BCUT2D eigenvalue weighted by atomic mass is 32.2. The molecule has 0 spiro atoms. The summed E-state index contributed by atoms with van der Waals surface area (Å²) in [5, 5.41) is 8.60. The van der Waals surface area contributed by atoms with Crippen molar-refractivity contribution >= 4 is 15.8 Å². The fourth-order valence-electron chi connectivity index (χ4n) is 2.21. The summed E-state index contributed by atoms with van der Waals surface area (Å²) in [6, 6.07) is 7.27. The molecule has 5 heteroatoms. The van der Waals surface area contributed by atoms with Gasteiger partial charge in [0.25, 0.3) is 0 Å². The minimum atomic E-state index is -3.08. The lowest BCUT2D eigenvalue weighted by atomic mass is 10.0. The van der Waals surface area contributed by atoms with Crippen LogP contribution in [0.1, 0.15) is 30.4 Å². The standard InChI is InChI=1S/C13H16O4S/c1-18(16,17)13(8-9-13)11-5-2-10(3-6-11)4-7-12(14)15/h2-3,5-6H,4,7-9H2,1H3,(H,14,15). The lowest BCUT2D eigenvalue weighted by molar-refractivity contribution is -0.136. The molecule has 1 aliphatic carbocycles. The van der Waals surface area contributed by atoms with Gasteiger partial charge in [-0.15, -0.1) is 0 Å². The summed E-state index contributed by atoms with van der Waals surface area (Å²) in [6.45, 7) is 0. The highest BCUT2D eigenvalue weighted by Gasteiger charge is 2.53. The second-order valence-corrected chi connectivity index (χ2v) is 7.18. The van der Waals surface area contributed by atoms with Gasteiger partial charge < -0.3 is 5.11 Å². The number of aryl methyl sites for hydroxylation is 1. The zero-order chi connectivity index (χ0) is 13.4. The van der Waals surface area contributed by atoms with Crippen LogP contribution in [0, 0.1) is 0 Å². The maximum Gasteiger partial charge on any atom is 0.303 e. The predicted octanol–water partition coefficient (Wildman–Crippen LogP) is 1.74. The molecule has 0 aliphatic heterocycles. The molecule has 0 atom stereocenters. The molecule has 1 fully saturated rings. The number of hydrogen-bond donors (Lipinski definition) is 1. The minimum absolute atomic E-state index is 0.0938. The van der Waals surface area contributed by atoms with Crippen molar-refractivity contribution in [3.05, 3.63) is 35.4 Å². The Kier molecular flexibility index (Phi) is 3.19. The van der Waals surface area contributed by atoms with E-state index < -0.39 is 20.6 Å². The van der Waals surface area contributed by atoms with Crippen LogP contribution in [0.3, 0.4) is 0 Å². The number of carboxylic acid groups (broad SMARTS) is 1. The average molecular weight is 268 g/mol. The largest absolute Gasteiger partial charge is 0.481 e. The lowest BCUT2D eigenvalue weighted by Crippen LogP contribution is -2.19. The smallest absolute Gasteiger partial charge is 0.303 e. The third-order valence-corrected chi connectivity index (χ3v) is 5.58. The number of carbonyl (C=O) groups is 1. The van der Waals surface area contributed by atoms with Gasteiger partial charge in [0.2, 0.25) is 0 Å². The SMILES string of the molecule is CS(=O)(=O)C1(c2ccc(CCC(=O)O)cc2)CC1. The molecule has 1 aromatic rings. The van der Waals surface area contributed by atoms with Gasteiger partial charge in [-0.2, -0.15) is 0 Å². The van der Waals surface area contributed by atoms with E-state index in [-0.39, 0.29) is 6.42 Å². The zero-order valence-corrected chi connectivity index (χ0v) is 11.0. The van der Waals surface area contributed by atoms with Crippen molar-refractivity contribution in [1.82, 2.24) is 0 Å². The number of benzene rings is 1. The third kappa shape index (κ3) is 2.41. The molecule has 4 nitrogen and oxygen atoms in total. The molecule has 0 radical (unpaired) electrons. The number of hydrogen-bond acceptors (Lipinski definition) is 3. The van der Waals surface area contributed by atoms with Crippen molar-refractivity contribution in [3.63, 3.8) is 0 Å². The van der Waals surface area contributed by atoms with Gasteiger partial charge in [0.1, 0.15) is 0 Å². The van der Waals surface area contributed by atoms with Crippen molar-refractivity contribution in [2.75, 3.05) is 6.26 Å². The Morgan fingerprint density at radius 3 is 2.22 bits per heavy atom. The van der Waals surface area contributed by atoms with Gasteiger partial charge in [-0.25, -0.2) is 8.42 Å². The van der Waals surface area contributed by atoms with Crippen molar-refractivity contribution < 1.29 is 18.3 Å². The van der Waals surface area contributed by atoms with Crippen LogP contribution in [0.5, 0.6) is 0 Å². The van der Waals surface area contributed by atoms with Crippen LogP contribution in [0.25, 0.3) is 0 Å². The Labute approximate surface area is 107 Å². The molecule has 0 saturated heterocycles. The summed E-state index contributed by atoms with van der Waals surface area (Å²) < 4.78 is 22.8. The first-order valence-corrected chi connectivity index (χ1v) is 7.75. The monoisotopic (exact) mass is 268 g/mol. The van der Waals surface area contributed by atoms with Crippen LogP contribution >= 0.6 is 0 Å². The first-order chi connectivity index (χ1) is 8.35. The summed E-state index contributed by atoms with van der Waals surface area (Å²) in [5.74, 6) is -0.825. The van der Waals surface area contributed by atoms with Crippen LogP contribution in [-0.2, 0) is 25.8 Å². The highest BCUT2D eigenvalue weighted by Crippen LogP contribution is 2.52. The molecule has 1 N–H and O–H groups in total. The van der Waals surface area contributed by atoms with Crippen molar-refractivity contribution in [1.29, 1.82) is 0 Å². The third-order valence-electron chi connectivity index (χ3n) is 3.52. The van der Waals surface area contributed by atoms with Crippen molar-refractivity contribution in [3.8, 4) is 0 Å². The normalized spacial score (nSPS) is 17.4. The van der Waals surface area contributed by atoms with Gasteiger partial charge in [0, 0.05) is 12.7 Å². The molecule has 98 valence electrons. The van der Waals surface area contributed by atoms with E-state index in [1.807, 2.05) is 24.3 Å². The minimum Gasteiger partial charge on any atom is -0.481 e. The van der Waals surface area contributed by atoms with E-state index in [4.69, 9.17) is 5.11 Å². The zero-order valence-electron chi connectivity index (χ0n) is 10.2. The second kappa shape index (κ2) is 4.39. The summed E-state index contributed by atoms with van der Waals surface area (Å²) in [5.41, 5.74) is 1.74. The molecular weight excluding hydrogens is 252 g/mol. The Hall–Kier alpha value is -1.36. The molecule has 2 rings (SSSR count). The predicted molar refractivity (Wildman–Crippen MR) is 68.2 cm³/mol. The number of rotatable bonds is 5. The molecule has 0 aromatic heterocycles. The van der Waals surface area contributed by atoms with Crippen molar-refractivity contribution in [2.24, 2.45) is 0 Å². The van der Waals surface area contributed by atoms with E-state index >= 15 is 0 Å². The molecule has 0 bridgehead atoms. The van der Waals surface area contributed by atoms with E-state index in [0.29, 0.717) is 19.3 Å².